The van der Waals surface area contributed by atoms with Crippen molar-refractivity contribution in [2.45, 2.75) is 6.92 Å². The number of aliphatic carboxylic acids is 1. The molecule has 0 aliphatic rings. The minimum Gasteiger partial charge on any atom is -0.480 e. The van der Waals surface area contributed by atoms with Gasteiger partial charge in [0.2, 0.25) is 5.95 Å². The Hall–Kier alpha value is -4.21. The van der Waals surface area contributed by atoms with E-state index in [1.165, 1.54) is 24.3 Å². The first-order valence-corrected chi connectivity index (χ1v) is 9.36. The summed E-state index contributed by atoms with van der Waals surface area (Å²) in [4.78, 5) is 32.2. The van der Waals surface area contributed by atoms with Crippen LogP contribution in [-0.4, -0.2) is 32.2 Å². The van der Waals surface area contributed by atoms with Crippen molar-refractivity contribution in [3.63, 3.8) is 0 Å². The summed E-state index contributed by atoms with van der Waals surface area (Å²) >= 11 is 0. The Morgan fingerprint density at radius 1 is 1.06 bits per heavy atom. The van der Waals surface area contributed by atoms with Gasteiger partial charge in [-0.15, -0.1) is 0 Å². The van der Waals surface area contributed by atoms with Gasteiger partial charge in [-0.05, 0) is 48.9 Å². The van der Waals surface area contributed by atoms with Gasteiger partial charge in [-0.1, -0.05) is 6.07 Å². The van der Waals surface area contributed by atoms with Crippen LogP contribution in [0.1, 0.15) is 5.56 Å². The topological polar surface area (TPSA) is 97.1 Å². The van der Waals surface area contributed by atoms with Crippen LogP contribution < -0.4 is 10.9 Å². The Kier molecular flexibility index (Phi) is 5.35. The number of nitrogens with one attached hydrogen (secondary N) is 1. The van der Waals surface area contributed by atoms with Crippen molar-refractivity contribution in [1.29, 1.82) is 0 Å². The molecule has 0 radical (unpaired) electrons. The summed E-state index contributed by atoms with van der Waals surface area (Å²) in [6, 6.07) is 9.63. The lowest BCUT2D eigenvalue weighted by atomic mass is 10.0. The number of rotatable bonds is 5. The molecule has 162 valence electrons. The molecule has 0 bridgehead atoms. The maximum atomic E-state index is 14.6. The van der Waals surface area contributed by atoms with E-state index in [0.29, 0.717) is 11.1 Å². The van der Waals surface area contributed by atoms with Gasteiger partial charge >= 0.3 is 5.97 Å². The number of carboxylic acids is 1. The minimum atomic E-state index is -1.20. The molecule has 7 nitrogen and oxygen atoms in total. The number of halogens is 3. The van der Waals surface area contributed by atoms with E-state index < -0.39 is 41.2 Å². The zero-order chi connectivity index (χ0) is 23.0. The van der Waals surface area contributed by atoms with Crippen LogP contribution in [0.4, 0.5) is 19.1 Å². The highest BCUT2D eigenvalue weighted by Gasteiger charge is 2.20. The fraction of sp³-hybridized carbons (Fsp3) is 0.0909. The highest BCUT2D eigenvalue weighted by molar-refractivity contribution is 5.93. The lowest BCUT2D eigenvalue weighted by Gasteiger charge is -2.15. The van der Waals surface area contributed by atoms with Crippen LogP contribution in [0.5, 0.6) is 0 Å². The van der Waals surface area contributed by atoms with Crippen LogP contribution in [0.25, 0.3) is 28.0 Å². The molecule has 4 aromatic rings. The molecule has 2 aromatic carbocycles. The third-order valence-electron chi connectivity index (χ3n) is 4.75. The van der Waals surface area contributed by atoms with Gasteiger partial charge in [0.15, 0.2) is 5.65 Å². The van der Waals surface area contributed by atoms with Gasteiger partial charge < -0.3 is 10.4 Å². The number of hydrogen-bond acceptors (Lipinski definition) is 5. The molecular formula is C22H15F3N4O3. The predicted octanol–water partition coefficient (Wildman–Crippen LogP) is 3.67. The summed E-state index contributed by atoms with van der Waals surface area (Å²) in [5.74, 6) is -3.83. The van der Waals surface area contributed by atoms with Gasteiger partial charge in [0.1, 0.15) is 29.7 Å². The van der Waals surface area contributed by atoms with E-state index in [-0.39, 0.29) is 22.7 Å². The molecule has 32 heavy (non-hydrogen) atoms. The number of carboxylic acid groups (broad SMARTS) is 1. The molecule has 0 spiro atoms. The number of benzene rings is 2. The van der Waals surface area contributed by atoms with Gasteiger partial charge in [-0.25, -0.2) is 18.2 Å². The second kappa shape index (κ2) is 8.14. The maximum absolute atomic E-state index is 14.6. The summed E-state index contributed by atoms with van der Waals surface area (Å²) < 4.78 is 43.5. The molecule has 0 fully saturated rings. The van der Waals surface area contributed by atoms with Gasteiger partial charge in [0.05, 0.1) is 5.69 Å². The number of carbonyl (C=O) groups is 1. The normalized spacial score (nSPS) is 11.0. The Morgan fingerprint density at radius 3 is 2.44 bits per heavy atom. The van der Waals surface area contributed by atoms with Gasteiger partial charge in [-0.3, -0.25) is 14.2 Å². The van der Waals surface area contributed by atoms with E-state index in [1.807, 2.05) is 0 Å². The Bertz CT molecular complexity index is 1420. The molecule has 4 rings (SSSR count). The Morgan fingerprint density at radius 2 is 1.78 bits per heavy atom. The van der Waals surface area contributed by atoms with Crippen LogP contribution in [0.2, 0.25) is 0 Å². The summed E-state index contributed by atoms with van der Waals surface area (Å²) in [5.41, 5.74) is -0.340. The summed E-state index contributed by atoms with van der Waals surface area (Å²) in [6.45, 7) is 1.10. The summed E-state index contributed by atoms with van der Waals surface area (Å²) in [6.07, 6.45) is 0. The van der Waals surface area contributed by atoms with Gasteiger partial charge in [0.25, 0.3) is 5.56 Å². The zero-order valence-corrected chi connectivity index (χ0v) is 16.6. The van der Waals surface area contributed by atoms with Crippen LogP contribution in [0.3, 0.4) is 0 Å². The summed E-state index contributed by atoms with van der Waals surface area (Å²) in [5, 5.41) is 11.7. The summed E-state index contributed by atoms with van der Waals surface area (Å²) in [7, 11) is 0. The highest BCUT2D eigenvalue weighted by atomic mass is 19.1. The number of hydrogen-bond donors (Lipinski definition) is 2. The largest absolute Gasteiger partial charge is 0.480 e. The fourth-order valence-electron chi connectivity index (χ4n) is 3.37. The van der Waals surface area contributed by atoms with Crippen molar-refractivity contribution < 1.29 is 23.1 Å². The molecule has 0 amide bonds. The maximum Gasteiger partial charge on any atom is 0.322 e. The molecule has 0 unspecified atom stereocenters. The first kappa shape index (κ1) is 21.0. The molecular weight excluding hydrogens is 425 g/mol. The second-order valence-electron chi connectivity index (χ2n) is 6.92. The van der Waals surface area contributed by atoms with Crippen LogP contribution in [0, 0.1) is 24.4 Å². The number of aromatic nitrogens is 3. The van der Waals surface area contributed by atoms with Crippen LogP contribution >= 0.6 is 0 Å². The average Bonchev–Trinajstić information content (AvgIpc) is 2.73. The van der Waals surface area contributed by atoms with E-state index >= 15 is 0 Å². The smallest absolute Gasteiger partial charge is 0.322 e. The lowest BCUT2D eigenvalue weighted by molar-refractivity contribution is -0.134. The molecule has 0 saturated heterocycles. The van der Waals surface area contributed by atoms with Crippen molar-refractivity contribution in [3.8, 4) is 16.9 Å². The molecule has 0 atom stereocenters. The molecule has 2 aromatic heterocycles. The van der Waals surface area contributed by atoms with E-state index in [0.717, 1.165) is 28.8 Å². The van der Waals surface area contributed by atoms with Gasteiger partial charge in [-0.2, -0.15) is 4.98 Å². The third-order valence-corrected chi connectivity index (χ3v) is 4.75. The van der Waals surface area contributed by atoms with Crippen LogP contribution in [-0.2, 0) is 4.79 Å². The number of anilines is 1. The monoisotopic (exact) mass is 440 g/mol. The van der Waals surface area contributed by atoms with E-state index in [4.69, 9.17) is 5.11 Å². The molecule has 0 aliphatic carbocycles. The molecule has 0 saturated carbocycles. The van der Waals surface area contributed by atoms with Crippen molar-refractivity contribution in [3.05, 3.63) is 81.9 Å². The number of aryl methyl sites for hydroxylation is 1. The van der Waals surface area contributed by atoms with Crippen molar-refractivity contribution >= 4 is 23.0 Å². The number of para-hydroxylation sites is 1. The second-order valence-corrected chi connectivity index (χ2v) is 6.92. The fourth-order valence-corrected chi connectivity index (χ4v) is 3.37. The SMILES string of the molecule is Cc1cc(F)ccc1-c1nc(NCC(=O)O)nc2c1ccc(=O)n2-c1c(F)cccc1F. The Balaban J connectivity index is 2.11. The highest BCUT2D eigenvalue weighted by Crippen LogP contribution is 2.31. The quantitative estimate of drug-likeness (QED) is 0.492. The number of fused-ring (bicyclic) bond motifs is 1. The van der Waals surface area contributed by atoms with E-state index in [1.54, 1.807) is 6.92 Å². The van der Waals surface area contributed by atoms with Crippen LogP contribution in [0.15, 0.2) is 53.3 Å². The first-order valence-electron chi connectivity index (χ1n) is 9.36. The van der Waals surface area contributed by atoms with Crippen molar-refractivity contribution in [2.24, 2.45) is 0 Å². The minimum absolute atomic E-state index is 0.150. The number of pyridine rings is 1. The van der Waals surface area contributed by atoms with E-state index in [2.05, 4.69) is 15.3 Å². The molecule has 10 heteroatoms. The number of nitrogens with zero attached hydrogens (tertiary/aromatic N) is 3. The zero-order valence-electron chi connectivity index (χ0n) is 16.6. The van der Waals surface area contributed by atoms with E-state index in [9.17, 15) is 22.8 Å². The van der Waals surface area contributed by atoms with Crippen molar-refractivity contribution in [1.82, 2.24) is 14.5 Å². The average molecular weight is 440 g/mol. The molecule has 0 aliphatic heterocycles. The lowest BCUT2D eigenvalue weighted by Crippen LogP contribution is -2.22. The third kappa shape index (κ3) is 3.78. The van der Waals surface area contributed by atoms with Crippen molar-refractivity contribution in [2.75, 3.05) is 11.9 Å². The first-order chi connectivity index (χ1) is 15.3. The molecule has 2 N–H and O–H groups in total. The standard InChI is InChI=1S/C22H15F3N4O3/c1-11-9-12(23)5-6-13(11)19-14-7-8-17(30)29(20-15(24)3-2-4-16(20)25)21(14)28-22(27-19)26-10-18(31)32/h2-9H,10H2,1H3,(H,31,32)(H,26,27,28). The van der Waals surface area contributed by atoms with Gasteiger partial charge in [0, 0.05) is 17.0 Å². The Labute approximate surface area is 178 Å². The molecule has 2 heterocycles. The predicted molar refractivity (Wildman–Crippen MR) is 111 cm³/mol.